The number of nitrogens with two attached hydrogens (primary N) is 1. The van der Waals surface area contributed by atoms with E-state index in [1.165, 1.54) is 5.56 Å². The highest BCUT2D eigenvalue weighted by atomic mass is 35.5. The van der Waals surface area contributed by atoms with Crippen LogP contribution in [0.5, 0.6) is 0 Å². The summed E-state index contributed by atoms with van der Waals surface area (Å²) in [6.07, 6.45) is 1.69. The fourth-order valence-corrected chi connectivity index (χ4v) is 2.23. The number of pyridine rings is 1. The van der Waals surface area contributed by atoms with Crippen LogP contribution in [0, 0.1) is 6.92 Å². The van der Waals surface area contributed by atoms with Crippen molar-refractivity contribution >= 4 is 23.1 Å². The minimum Gasteiger partial charge on any atom is -0.397 e. The molecule has 0 spiro atoms. The number of halogens is 1. The van der Waals surface area contributed by atoms with E-state index < -0.39 is 0 Å². The predicted molar refractivity (Wildman–Crippen MR) is 81.7 cm³/mol. The van der Waals surface area contributed by atoms with Crippen LogP contribution in [0.2, 0.25) is 5.02 Å². The van der Waals surface area contributed by atoms with Gasteiger partial charge < -0.3 is 10.6 Å². The summed E-state index contributed by atoms with van der Waals surface area (Å²) in [4.78, 5) is 6.55. The molecule has 0 bridgehead atoms. The number of benzene rings is 1. The molecule has 0 aliphatic rings. The summed E-state index contributed by atoms with van der Waals surface area (Å²) in [5, 5.41) is 0.750. The monoisotopic (exact) mass is 275 g/mol. The molecule has 1 aromatic heterocycles. The normalized spacial score (nSPS) is 12.2. The second kappa shape index (κ2) is 5.49. The molecule has 0 radical (unpaired) electrons. The number of nitrogens with zero attached hydrogens (tertiary/aromatic N) is 2. The SMILES string of the molecule is Cc1cc(N)cnc1N(C)C(C)c1ccc(Cl)cc1. The Labute approximate surface area is 119 Å². The van der Waals surface area contributed by atoms with E-state index in [1.807, 2.05) is 44.3 Å². The van der Waals surface area contributed by atoms with Gasteiger partial charge in [0, 0.05) is 12.1 Å². The Balaban J connectivity index is 2.27. The third-order valence-corrected chi connectivity index (χ3v) is 3.59. The first kappa shape index (κ1) is 13.7. The molecule has 0 fully saturated rings. The van der Waals surface area contributed by atoms with Crippen molar-refractivity contribution < 1.29 is 0 Å². The van der Waals surface area contributed by atoms with E-state index in [2.05, 4.69) is 16.8 Å². The lowest BCUT2D eigenvalue weighted by atomic mass is 10.1. The van der Waals surface area contributed by atoms with Gasteiger partial charge in [-0.05, 0) is 43.2 Å². The molecule has 0 aliphatic heterocycles. The Bertz CT molecular complexity index is 566. The van der Waals surface area contributed by atoms with Crippen molar-refractivity contribution in [3.8, 4) is 0 Å². The van der Waals surface area contributed by atoms with E-state index in [-0.39, 0.29) is 6.04 Å². The second-order valence-corrected chi connectivity index (χ2v) is 5.18. The van der Waals surface area contributed by atoms with Gasteiger partial charge in [0.1, 0.15) is 5.82 Å². The number of hydrogen-bond acceptors (Lipinski definition) is 3. The number of rotatable bonds is 3. The molecule has 0 amide bonds. The van der Waals surface area contributed by atoms with Gasteiger partial charge >= 0.3 is 0 Å². The van der Waals surface area contributed by atoms with E-state index in [1.54, 1.807) is 6.20 Å². The molecule has 3 nitrogen and oxygen atoms in total. The molecule has 0 saturated carbocycles. The summed E-state index contributed by atoms with van der Waals surface area (Å²) in [6.45, 7) is 4.16. The predicted octanol–water partition coefficient (Wildman–Crippen LogP) is 3.82. The molecule has 0 aliphatic carbocycles. The third-order valence-electron chi connectivity index (χ3n) is 3.34. The molecular weight excluding hydrogens is 258 g/mol. The standard InChI is InChI=1S/C15H18ClN3/c1-10-8-14(17)9-18-15(10)19(3)11(2)12-4-6-13(16)7-5-12/h4-9,11H,17H2,1-3H3. The minimum atomic E-state index is 0.215. The van der Waals surface area contributed by atoms with Crippen LogP contribution in [0.1, 0.15) is 24.1 Å². The van der Waals surface area contributed by atoms with Gasteiger partial charge in [0.15, 0.2) is 0 Å². The molecule has 1 unspecified atom stereocenters. The maximum Gasteiger partial charge on any atom is 0.131 e. The van der Waals surface area contributed by atoms with Crippen LogP contribution in [-0.2, 0) is 0 Å². The van der Waals surface area contributed by atoms with Crippen molar-refractivity contribution in [3.05, 3.63) is 52.7 Å². The molecule has 2 aromatic rings. The molecule has 1 heterocycles. The summed E-state index contributed by atoms with van der Waals surface area (Å²) in [6, 6.07) is 10.0. The molecule has 4 heteroatoms. The number of anilines is 2. The first-order valence-electron chi connectivity index (χ1n) is 6.19. The quantitative estimate of drug-likeness (QED) is 0.926. The van der Waals surface area contributed by atoms with Crippen molar-refractivity contribution in [2.24, 2.45) is 0 Å². The highest BCUT2D eigenvalue weighted by Gasteiger charge is 2.15. The van der Waals surface area contributed by atoms with Gasteiger partial charge in [0.2, 0.25) is 0 Å². The topological polar surface area (TPSA) is 42.1 Å². The van der Waals surface area contributed by atoms with E-state index in [0.29, 0.717) is 5.69 Å². The Morgan fingerprint density at radius 2 is 1.89 bits per heavy atom. The zero-order chi connectivity index (χ0) is 14.0. The molecule has 100 valence electrons. The number of hydrogen-bond donors (Lipinski definition) is 1. The van der Waals surface area contributed by atoms with Crippen LogP contribution in [-0.4, -0.2) is 12.0 Å². The van der Waals surface area contributed by atoms with Gasteiger partial charge in [-0.3, -0.25) is 0 Å². The van der Waals surface area contributed by atoms with Crippen molar-refractivity contribution in [2.75, 3.05) is 17.7 Å². The van der Waals surface area contributed by atoms with Crippen LogP contribution in [0.15, 0.2) is 36.5 Å². The molecule has 2 N–H and O–H groups in total. The van der Waals surface area contributed by atoms with Gasteiger partial charge in [0.25, 0.3) is 0 Å². The van der Waals surface area contributed by atoms with Gasteiger partial charge in [0.05, 0.1) is 17.9 Å². The molecule has 0 saturated heterocycles. The van der Waals surface area contributed by atoms with E-state index in [4.69, 9.17) is 17.3 Å². The van der Waals surface area contributed by atoms with Crippen LogP contribution in [0.25, 0.3) is 0 Å². The van der Waals surface area contributed by atoms with Gasteiger partial charge in [-0.25, -0.2) is 4.98 Å². The summed E-state index contributed by atoms with van der Waals surface area (Å²) in [5.74, 6) is 0.941. The molecule has 2 rings (SSSR count). The lowest BCUT2D eigenvalue weighted by Crippen LogP contribution is -2.23. The van der Waals surface area contributed by atoms with Crippen molar-refractivity contribution in [1.82, 2.24) is 4.98 Å². The van der Waals surface area contributed by atoms with Crippen molar-refractivity contribution in [2.45, 2.75) is 19.9 Å². The smallest absolute Gasteiger partial charge is 0.131 e. The Morgan fingerprint density at radius 3 is 2.47 bits per heavy atom. The van der Waals surface area contributed by atoms with E-state index in [9.17, 15) is 0 Å². The molecule has 1 aromatic carbocycles. The van der Waals surface area contributed by atoms with Crippen LogP contribution in [0.4, 0.5) is 11.5 Å². The van der Waals surface area contributed by atoms with Crippen LogP contribution >= 0.6 is 11.6 Å². The van der Waals surface area contributed by atoms with E-state index in [0.717, 1.165) is 16.4 Å². The lowest BCUT2D eigenvalue weighted by Gasteiger charge is -2.27. The highest BCUT2D eigenvalue weighted by Crippen LogP contribution is 2.27. The minimum absolute atomic E-state index is 0.215. The maximum absolute atomic E-state index is 5.92. The second-order valence-electron chi connectivity index (χ2n) is 4.75. The Hall–Kier alpha value is -1.74. The fraction of sp³-hybridized carbons (Fsp3) is 0.267. The van der Waals surface area contributed by atoms with E-state index >= 15 is 0 Å². The zero-order valence-corrected chi connectivity index (χ0v) is 12.1. The fourth-order valence-electron chi connectivity index (χ4n) is 2.11. The summed E-state index contributed by atoms with van der Waals surface area (Å²) in [5.41, 5.74) is 8.70. The maximum atomic E-state index is 5.92. The average Bonchev–Trinajstić information content (AvgIpc) is 2.38. The number of aryl methyl sites for hydroxylation is 1. The first-order valence-corrected chi connectivity index (χ1v) is 6.57. The van der Waals surface area contributed by atoms with Crippen molar-refractivity contribution in [1.29, 1.82) is 0 Å². The first-order chi connectivity index (χ1) is 8.99. The number of nitrogen functional groups attached to an aromatic ring is 1. The molecule has 1 atom stereocenters. The largest absolute Gasteiger partial charge is 0.397 e. The van der Waals surface area contributed by atoms with Crippen LogP contribution < -0.4 is 10.6 Å². The summed E-state index contributed by atoms with van der Waals surface area (Å²) in [7, 11) is 2.03. The van der Waals surface area contributed by atoms with Gasteiger partial charge in [-0.15, -0.1) is 0 Å². The number of aromatic nitrogens is 1. The zero-order valence-electron chi connectivity index (χ0n) is 11.4. The third kappa shape index (κ3) is 2.99. The van der Waals surface area contributed by atoms with Crippen LogP contribution in [0.3, 0.4) is 0 Å². The highest BCUT2D eigenvalue weighted by molar-refractivity contribution is 6.30. The lowest BCUT2D eigenvalue weighted by molar-refractivity contribution is 0.726. The Kier molecular flexibility index (Phi) is 3.96. The van der Waals surface area contributed by atoms with Gasteiger partial charge in [-0.1, -0.05) is 23.7 Å². The average molecular weight is 276 g/mol. The molecular formula is C15H18ClN3. The summed E-state index contributed by atoms with van der Waals surface area (Å²) >= 11 is 5.92. The van der Waals surface area contributed by atoms with Crippen molar-refractivity contribution in [3.63, 3.8) is 0 Å². The Morgan fingerprint density at radius 1 is 1.26 bits per heavy atom. The summed E-state index contributed by atoms with van der Waals surface area (Å²) < 4.78 is 0. The molecule has 19 heavy (non-hydrogen) atoms. The van der Waals surface area contributed by atoms with Gasteiger partial charge in [-0.2, -0.15) is 0 Å².